The minimum atomic E-state index is -0.520. The first-order chi connectivity index (χ1) is 14.5. The molecule has 2 aromatic carbocycles. The van der Waals surface area contributed by atoms with Crippen molar-refractivity contribution in [1.29, 1.82) is 5.26 Å². The van der Waals surface area contributed by atoms with Gasteiger partial charge in [0.15, 0.2) is 11.5 Å². The third-order valence-electron chi connectivity index (χ3n) is 5.00. The molecule has 8 heteroatoms. The van der Waals surface area contributed by atoms with Crippen LogP contribution in [-0.4, -0.2) is 17.3 Å². The summed E-state index contributed by atoms with van der Waals surface area (Å²) in [5, 5.41) is 17.5. The van der Waals surface area contributed by atoms with Crippen LogP contribution < -0.4 is 19.9 Å². The first-order valence-corrected chi connectivity index (χ1v) is 9.58. The lowest BCUT2D eigenvalue weighted by Gasteiger charge is -2.26. The van der Waals surface area contributed by atoms with E-state index in [2.05, 4.69) is 16.3 Å². The number of benzene rings is 2. The second-order valence-corrected chi connectivity index (χ2v) is 7.16. The summed E-state index contributed by atoms with van der Waals surface area (Å²) in [6, 6.07) is 15.1. The largest absolute Gasteiger partial charge is 0.493 e. The Morgan fingerprint density at radius 1 is 1.27 bits per heavy atom. The number of nitriles is 1. The molecular weight excluding hydrogens is 404 g/mol. The Hall–Kier alpha value is -3.63. The number of nitrogens with two attached hydrogens (primary N) is 1. The van der Waals surface area contributed by atoms with E-state index >= 15 is 0 Å². The molecule has 0 bridgehead atoms. The molecule has 0 unspecified atom stereocenters. The highest BCUT2D eigenvalue weighted by Gasteiger charge is 2.36. The molecule has 1 atom stereocenters. The van der Waals surface area contributed by atoms with Crippen LogP contribution in [0.2, 0.25) is 5.02 Å². The Kier molecular flexibility index (Phi) is 5.25. The number of nitrogens with one attached hydrogen (secondary N) is 1. The first kappa shape index (κ1) is 19.7. The van der Waals surface area contributed by atoms with Crippen molar-refractivity contribution in [1.82, 2.24) is 10.2 Å². The molecule has 0 aliphatic carbocycles. The molecule has 3 N–H and O–H groups in total. The number of hydrogen-bond acceptors (Lipinski definition) is 6. The third kappa shape index (κ3) is 3.31. The number of halogens is 1. The fraction of sp³-hybridized carbons (Fsp3) is 0.182. The molecule has 3 aromatic rings. The Balaban J connectivity index is 1.84. The average Bonchev–Trinajstić information content (AvgIpc) is 3.12. The molecular formula is C22H19ClN4O3. The van der Waals surface area contributed by atoms with Crippen molar-refractivity contribution in [2.24, 2.45) is 5.73 Å². The Bertz CT molecular complexity index is 1180. The molecule has 2 heterocycles. The monoisotopic (exact) mass is 422 g/mol. The number of rotatable bonds is 5. The van der Waals surface area contributed by atoms with E-state index in [1.165, 1.54) is 0 Å². The molecule has 0 saturated heterocycles. The van der Waals surface area contributed by atoms with Gasteiger partial charge in [-0.2, -0.15) is 5.26 Å². The van der Waals surface area contributed by atoms with E-state index in [-0.39, 0.29) is 18.1 Å². The summed E-state index contributed by atoms with van der Waals surface area (Å²) in [7, 11) is 1.56. The van der Waals surface area contributed by atoms with Gasteiger partial charge < -0.3 is 19.9 Å². The molecule has 0 radical (unpaired) electrons. The minimum absolute atomic E-state index is 0.0152. The van der Waals surface area contributed by atoms with Gasteiger partial charge in [0.1, 0.15) is 18.2 Å². The van der Waals surface area contributed by atoms with Crippen LogP contribution in [0.1, 0.15) is 28.3 Å². The molecule has 30 heavy (non-hydrogen) atoms. The fourth-order valence-corrected chi connectivity index (χ4v) is 3.74. The molecule has 0 saturated carbocycles. The second-order valence-electron chi connectivity index (χ2n) is 6.75. The maximum absolute atomic E-state index is 9.82. The predicted molar refractivity (Wildman–Crippen MR) is 111 cm³/mol. The summed E-state index contributed by atoms with van der Waals surface area (Å²) >= 11 is 6.28. The van der Waals surface area contributed by atoms with Crippen LogP contribution in [0.3, 0.4) is 0 Å². The number of hydrogen-bond donors (Lipinski definition) is 2. The number of ether oxygens (including phenoxy) is 3. The molecule has 4 rings (SSSR count). The number of aryl methyl sites for hydroxylation is 1. The van der Waals surface area contributed by atoms with E-state index in [9.17, 15) is 5.26 Å². The predicted octanol–water partition coefficient (Wildman–Crippen LogP) is 4.18. The average molecular weight is 423 g/mol. The van der Waals surface area contributed by atoms with Gasteiger partial charge in [-0.15, -0.1) is 5.10 Å². The van der Waals surface area contributed by atoms with Crippen LogP contribution in [0.15, 0.2) is 53.9 Å². The van der Waals surface area contributed by atoms with Crippen molar-refractivity contribution < 1.29 is 14.2 Å². The Morgan fingerprint density at radius 2 is 2.07 bits per heavy atom. The topological polar surface area (TPSA) is 106 Å². The summed E-state index contributed by atoms with van der Waals surface area (Å²) in [5.41, 5.74) is 9.37. The van der Waals surface area contributed by atoms with Crippen LogP contribution in [0.4, 0.5) is 0 Å². The van der Waals surface area contributed by atoms with Gasteiger partial charge in [0.2, 0.25) is 11.8 Å². The molecule has 0 spiro atoms. The van der Waals surface area contributed by atoms with E-state index in [0.29, 0.717) is 22.4 Å². The molecule has 1 aliphatic heterocycles. The van der Waals surface area contributed by atoms with Gasteiger partial charge in [-0.05, 0) is 19.1 Å². The molecule has 152 valence electrons. The second kappa shape index (κ2) is 8.01. The van der Waals surface area contributed by atoms with Crippen LogP contribution in [0, 0.1) is 18.3 Å². The van der Waals surface area contributed by atoms with Crippen molar-refractivity contribution in [3.8, 4) is 23.4 Å². The molecule has 1 aliphatic rings. The zero-order chi connectivity index (χ0) is 21.3. The van der Waals surface area contributed by atoms with Crippen molar-refractivity contribution >= 4 is 11.6 Å². The molecule has 7 nitrogen and oxygen atoms in total. The number of nitrogens with zero attached hydrogens (tertiary/aromatic N) is 2. The van der Waals surface area contributed by atoms with Crippen LogP contribution in [0.5, 0.6) is 17.4 Å². The van der Waals surface area contributed by atoms with Gasteiger partial charge in [-0.3, -0.25) is 5.10 Å². The van der Waals surface area contributed by atoms with Gasteiger partial charge in [0.25, 0.3) is 0 Å². The van der Waals surface area contributed by atoms with Gasteiger partial charge in [0, 0.05) is 27.4 Å². The smallest absolute Gasteiger partial charge is 0.244 e. The van der Waals surface area contributed by atoms with E-state index in [0.717, 1.165) is 22.4 Å². The van der Waals surface area contributed by atoms with E-state index < -0.39 is 5.92 Å². The Labute approximate surface area is 178 Å². The van der Waals surface area contributed by atoms with Crippen LogP contribution in [-0.2, 0) is 6.61 Å². The number of allylic oxidation sites excluding steroid dienone is 1. The zero-order valence-corrected chi connectivity index (χ0v) is 17.2. The summed E-state index contributed by atoms with van der Waals surface area (Å²) < 4.78 is 17.3. The van der Waals surface area contributed by atoms with E-state index in [1.54, 1.807) is 19.2 Å². The number of aromatic nitrogens is 2. The molecule has 1 aromatic heterocycles. The molecule has 0 amide bonds. The van der Waals surface area contributed by atoms with Crippen molar-refractivity contribution in [2.45, 2.75) is 19.4 Å². The third-order valence-corrected chi connectivity index (χ3v) is 5.37. The quantitative estimate of drug-likeness (QED) is 0.638. The summed E-state index contributed by atoms with van der Waals surface area (Å²) in [6.07, 6.45) is 0. The van der Waals surface area contributed by atoms with E-state index in [1.807, 2.05) is 37.3 Å². The Morgan fingerprint density at radius 3 is 2.80 bits per heavy atom. The number of methoxy groups -OCH3 is 1. The first-order valence-electron chi connectivity index (χ1n) is 9.20. The van der Waals surface area contributed by atoms with E-state index in [4.69, 9.17) is 31.5 Å². The highest BCUT2D eigenvalue weighted by atomic mass is 35.5. The minimum Gasteiger partial charge on any atom is -0.493 e. The SMILES string of the molecule is COc1cccc([C@H]2C(C#N)=C(N)Oc3n[nH]c(C)c32)c1OCc1ccccc1Cl. The lowest BCUT2D eigenvalue weighted by atomic mass is 9.83. The number of fused-ring (bicyclic) bond motifs is 1. The zero-order valence-electron chi connectivity index (χ0n) is 16.4. The maximum Gasteiger partial charge on any atom is 0.244 e. The lowest BCUT2D eigenvalue weighted by molar-refractivity contribution is 0.280. The van der Waals surface area contributed by atoms with Crippen LogP contribution >= 0.6 is 11.6 Å². The van der Waals surface area contributed by atoms with Gasteiger partial charge >= 0.3 is 0 Å². The number of H-pyrrole nitrogens is 1. The lowest BCUT2D eigenvalue weighted by Crippen LogP contribution is -2.21. The summed E-state index contributed by atoms with van der Waals surface area (Å²) in [5.74, 6) is 0.868. The van der Waals surface area contributed by atoms with Crippen molar-refractivity contribution in [2.75, 3.05) is 7.11 Å². The molecule has 0 fully saturated rings. The normalized spacial score (nSPS) is 15.2. The number of aromatic amines is 1. The van der Waals surface area contributed by atoms with Crippen LogP contribution in [0.25, 0.3) is 0 Å². The highest BCUT2D eigenvalue weighted by Crippen LogP contribution is 2.47. The number of para-hydroxylation sites is 1. The summed E-state index contributed by atoms with van der Waals surface area (Å²) in [4.78, 5) is 0. The van der Waals surface area contributed by atoms with Gasteiger partial charge in [-0.1, -0.05) is 41.9 Å². The summed E-state index contributed by atoms with van der Waals surface area (Å²) in [6.45, 7) is 2.09. The standard InChI is InChI=1S/C22H19ClN4O3/c1-12-18-19(15(10-24)21(25)30-22(18)27-26-12)14-7-5-9-17(28-2)20(14)29-11-13-6-3-4-8-16(13)23/h3-9,19H,11,25H2,1-2H3,(H,26,27)/t19-/m0/s1. The van der Waals surface area contributed by atoms with Gasteiger partial charge in [0.05, 0.1) is 13.0 Å². The van der Waals surface area contributed by atoms with Crippen molar-refractivity contribution in [3.63, 3.8) is 0 Å². The fourth-order valence-electron chi connectivity index (χ4n) is 3.55. The maximum atomic E-state index is 9.82. The van der Waals surface area contributed by atoms with Gasteiger partial charge in [-0.25, -0.2) is 0 Å². The highest BCUT2D eigenvalue weighted by molar-refractivity contribution is 6.31. The van der Waals surface area contributed by atoms with Crippen molar-refractivity contribution in [3.05, 3.63) is 81.3 Å².